The zero-order valence-electron chi connectivity index (χ0n) is 8.38. The molecule has 0 aromatic heterocycles. The van der Waals surface area contributed by atoms with E-state index in [1.807, 2.05) is 19.9 Å². The van der Waals surface area contributed by atoms with Gasteiger partial charge in [-0.1, -0.05) is 29.8 Å². The van der Waals surface area contributed by atoms with Crippen molar-refractivity contribution in [2.24, 2.45) is 5.92 Å². The van der Waals surface area contributed by atoms with Crippen LogP contribution in [0.1, 0.15) is 30.6 Å². The molecule has 0 atom stereocenters. The minimum Gasteiger partial charge on any atom is -0.398 e. The standard InChI is InChI=1S/C11H14BrNO/c1-7(2)5-11(14)9-6-8(12)3-4-10(9)13/h3-4,6-7H,5,13H2,1-2H3. The van der Waals surface area contributed by atoms with Crippen LogP contribution in [0.4, 0.5) is 5.69 Å². The summed E-state index contributed by atoms with van der Waals surface area (Å²) in [6.45, 7) is 4.04. The molecule has 0 heterocycles. The summed E-state index contributed by atoms with van der Waals surface area (Å²) in [6, 6.07) is 5.36. The van der Waals surface area contributed by atoms with E-state index in [0.717, 1.165) is 4.47 Å². The molecule has 14 heavy (non-hydrogen) atoms. The zero-order chi connectivity index (χ0) is 10.7. The number of ketones is 1. The summed E-state index contributed by atoms with van der Waals surface area (Å²) in [5, 5.41) is 0. The van der Waals surface area contributed by atoms with Gasteiger partial charge >= 0.3 is 0 Å². The van der Waals surface area contributed by atoms with E-state index in [1.165, 1.54) is 0 Å². The molecule has 1 rings (SSSR count). The Morgan fingerprint density at radius 3 is 2.71 bits per heavy atom. The molecule has 0 aliphatic heterocycles. The highest BCUT2D eigenvalue weighted by Crippen LogP contribution is 2.21. The first-order chi connectivity index (χ1) is 6.50. The third-order valence-electron chi connectivity index (χ3n) is 1.91. The topological polar surface area (TPSA) is 43.1 Å². The van der Waals surface area contributed by atoms with Crippen molar-refractivity contribution in [3.8, 4) is 0 Å². The molecule has 76 valence electrons. The lowest BCUT2D eigenvalue weighted by atomic mass is 10.0. The van der Waals surface area contributed by atoms with Crippen LogP contribution >= 0.6 is 15.9 Å². The van der Waals surface area contributed by atoms with E-state index in [2.05, 4.69) is 15.9 Å². The molecule has 0 aliphatic carbocycles. The molecule has 1 aromatic carbocycles. The number of nitrogens with two attached hydrogens (primary N) is 1. The Hall–Kier alpha value is -0.830. The molecule has 0 saturated heterocycles. The number of nitrogen functional groups attached to an aromatic ring is 1. The Balaban J connectivity index is 2.94. The van der Waals surface area contributed by atoms with Crippen LogP contribution in [0.15, 0.2) is 22.7 Å². The monoisotopic (exact) mass is 255 g/mol. The van der Waals surface area contributed by atoms with Gasteiger partial charge in [-0.25, -0.2) is 0 Å². The van der Waals surface area contributed by atoms with Gasteiger partial charge in [0.1, 0.15) is 0 Å². The maximum atomic E-state index is 11.7. The fourth-order valence-electron chi connectivity index (χ4n) is 1.25. The van der Waals surface area contributed by atoms with E-state index in [-0.39, 0.29) is 5.78 Å². The van der Waals surface area contributed by atoms with Gasteiger partial charge < -0.3 is 5.73 Å². The Bertz CT molecular complexity index is 347. The van der Waals surface area contributed by atoms with E-state index < -0.39 is 0 Å². The van der Waals surface area contributed by atoms with Crippen molar-refractivity contribution in [3.05, 3.63) is 28.2 Å². The molecular formula is C11H14BrNO. The van der Waals surface area contributed by atoms with Gasteiger partial charge in [0.05, 0.1) is 0 Å². The van der Waals surface area contributed by atoms with Crippen LogP contribution in [0, 0.1) is 5.92 Å². The quantitative estimate of drug-likeness (QED) is 0.666. The number of hydrogen-bond donors (Lipinski definition) is 1. The summed E-state index contributed by atoms with van der Waals surface area (Å²) in [7, 11) is 0. The van der Waals surface area contributed by atoms with Gasteiger partial charge in [0.25, 0.3) is 0 Å². The van der Waals surface area contributed by atoms with Gasteiger partial charge in [0, 0.05) is 22.1 Å². The molecule has 3 heteroatoms. The Labute approximate surface area is 92.6 Å². The van der Waals surface area contributed by atoms with Gasteiger partial charge in [-0.2, -0.15) is 0 Å². The first-order valence-corrected chi connectivity index (χ1v) is 5.38. The first kappa shape index (κ1) is 11.2. The second-order valence-electron chi connectivity index (χ2n) is 3.75. The van der Waals surface area contributed by atoms with E-state index in [9.17, 15) is 4.79 Å². The number of carbonyl (C=O) groups excluding carboxylic acids is 1. The van der Waals surface area contributed by atoms with Crippen LogP contribution in [-0.2, 0) is 0 Å². The number of halogens is 1. The van der Waals surface area contributed by atoms with Crippen molar-refractivity contribution in [2.75, 3.05) is 5.73 Å². The highest BCUT2D eigenvalue weighted by molar-refractivity contribution is 9.10. The third-order valence-corrected chi connectivity index (χ3v) is 2.40. The zero-order valence-corrected chi connectivity index (χ0v) is 9.97. The van der Waals surface area contributed by atoms with Gasteiger partial charge in [-0.15, -0.1) is 0 Å². The summed E-state index contributed by atoms with van der Waals surface area (Å²) < 4.78 is 0.888. The van der Waals surface area contributed by atoms with Crippen LogP contribution in [0.3, 0.4) is 0 Å². The highest BCUT2D eigenvalue weighted by Gasteiger charge is 2.11. The largest absolute Gasteiger partial charge is 0.398 e. The number of carbonyl (C=O) groups is 1. The maximum absolute atomic E-state index is 11.7. The second-order valence-corrected chi connectivity index (χ2v) is 4.67. The molecule has 0 spiro atoms. The number of Topliss-reactive ketones (excluding diaryl/α,β-unsaturated/α-hetero) is 1. The molecule has 2 N–H and O–H groups in total. The molecular weight excluding hydrogens is 242 g/mol. The number of anilines is 1. The van der Waals surface area contributed by atoms with E-state index in [0.29, 0.717) is 23.6 Å². The average molecular weight is 256 g/mol. The van der Waals surface area contributed by atoms with Gasteiger partial charge in [-0.05, 0) is 24.1 Å². The Kier molecular flexibility index (Phi) is 3.69. The van der Waals surface area contributed by atoms with Crippen molar-refractivity contribution in [1.29, 1.82) is 0 Å². The van der Waals surface area contributed by atoms with Crippen LogP contribution in [0.25, 0.3) is 0 Å². The lowest BCUT2D eigenvalue weighted by molar-refractivity contribution is 0.0968. The van der Waals surface area contributed by atoms with Crippen LogP contribution in [0.2, 0.25) is 0 Å². The van der Waals surface area contributed by atoms with Crippen LogP contribution in [-0.4, -0.2) is 5.78 Å². The molecule has 0 amide bonds. The molecule has 0 radical (unpaired) electrons. The molecule has 1 aromatic rings. The van der Waals surface area contributed by atoms with Crippen molar-refractivity contribution < 1.29 is 4.79 Å². The van der Waals surface area contributed by atoms with Crippen molar-refractivity contribution in [2.45, 2.75) is 20.3 Å². The summed E-state index contributed by atoms with van der Waals surface area (Å²) in [5.74, 6) is 0.472. The van der Waals surface area contributed by atoms with E-state index in [4.69, 9.17) is 5.73 Å². The molecule has 2 nitrogen and oxygen atoms in total. The second kappa shape index (κ2) is 4.60. The fourth-order valence-corrected chi connectivity index (χ4v) is 1.61. The fraction of sp³-hybridized carbons (Fsp3) is 0.364. The van der Waals surface area contributed by atoms with Gasteiger partial charge in [0.2, 0.25) is 0 Å². The molecule has 0 fully saturated rings. The summed E-state index contributed by atoms with van der Waals surface area (Å²) >= 11 is 3.32. The number of hydrogen-bond acceptors (Lipinski definition) is 2. The summed E-state index contributed by atoms with van der Waals surface area (Å²) in [4.78, 5) is 11.7. The molecule has 0 aliphatic rings. The van der Waals surface area contributed by atoms with Crippen molar-refractivity contribution >= 4 is 27.4 Å². The minimum atomic E-state index is 0.110. The number of benzene rings is 1. The third kappa shape index (κ3) is 2.84. The molecule has 0 unspecified atom stereocenters. The predicted octanol–water partition coefficient (Wildman–Crippen LogP) is 3.26. The maximum Gasteiger partial charge on any atom is 0.165 e. The van der Waals surface area contributed by atoms with E-state index >= 15 is 0 Å². The first-order valence-electron chi connectivity index (χ1n) is 4.59. The van der Waals surface area contributed by atoms with Crippen LogP contribution < -0.4 is 5.73 Å². The Morgan fingerprint density at radius 1 is 1.50 bits per heavy atom. The normalized spacial score (nSPS) is 10.6. The van der Waals surface area contributed by atoms with E-state index in [1.54, 1.807) is 12.1 Å². The average Bonchev–Trinajstić information content (AvgIpc) is 2.08. The summed E-state index contributed by atoms with van der Waals surface area (Å²) in [5.41, 5.74) is 6.90. The molecule has 0 saturated carbocycles. The number of rotatable bonds is 3. The highest BCUT2D eigenvalue weighted by atomic mass is 79.9. The van der Waals surface area contributed by atoms with Crippen molar-refractivity contribution in [3.63, 3.8) is 0 Å². The smallest absolute Gasteiger partial charge is 0.165 e. The van der Waals surface area contributed by atoms with Gasteiger partial charge in [-0.3, -0.25) is 4.79 Å². The van der Waals surface area contributed by atoms with Gasteiger partial charge in [0.15, 0.2) is 5.78 Å². The Morgan fingerprint density at radius 2 is 2.14 bits per heavy atom. The van der Waals surface area contributed by atoms with Crippen LogP contribution in [0.5, 0.6) is 0 Å². The minimum absolute atomic E-state index is 0.110. The SMILES string of the molecule is CC(C)CC(=O)c1cc(Br)ccc1N. The van der Waals surface area contributed by atoms with Crippen molar-refractivity contribution in [1.82, 2.24) is 0 Å². The lowest BCUT2D eigenvalue weighted by Gasteiger charge is -2.07. The lowest BCUT2D eigenvalue weighted by Crippen LogP contribution is -2.06. The summed E-state index contributed by atoms with van der Waals surface area (Å²) in [6.07, 6.45) is 0.542. The molecule has 0 bridgehead atoms. The predicted molar refractivity (Wildman–Crippen MR) is 62.3 cm³/mol.